The summed E-state index contributed by atoms with van der Waals surface area (Å²) in [6.45, 7) is 3.69. The quantitative estimate of drug-likeness (QED) is 0.884. The van der Waals surface area contributed by atoms with E-state index in [1.807, 2.05) is 12.3 Å². The number of hydrogen-bond acceptors (Lipinski definition) is 4. The van der Waals surface area contributed by atoms with E-state index >= 15 is 0 Å². The Hall–Kier alpha value is -1.69. The molecule has 1 amide bonds. The SMILES string of the molecule is Cc1csc(NC(=O)[C@H](C)n2cccn2)n1. The maximum Gasteiger partial charge on any atom is 0.250 e. The van der Waals surface area contributed by atoms with E-state index in [9.17, 15) is 4.79 Å². The zero-order chi connectivity index (χ0) is 11.5. The molecule has 0 aromatic carbocycles. The Morgan fingerprint density at radius 1 is 1.62 bits per heavy atom. The molecule has 2 aromatic heterocycles. The highest BCUT2D eigenvalue weighted by atomic mass is 32.1. The molecule has 0 saturated heterocycles. The van der Waals surface area contributed by atoms with E-state index in [0.29, 0.717) is 5.13 Å². The van der Waals surface area contributed by atoms with Crippen LogP contribution >= 0.6 is 11.3 Å². The summed E-state index contributed by atoms with van der Waals surface area (Å²) in [5, 5.41) is 9.30. The number of carbonyl (C=O) groups is 1. The van der Waals surface area contributed by atoms with Crippen LogP contribution < -0.4 is 5.32 Å². The smallest absolute Gasteiger partial charge is 0.250 e. The molecule has 5 nitrogen and oxygen atoms in total. The van der Waals surface area contributed by atoms with Crippen molar-refractivity contribution in [2.45, 2.75) is 19.9 Å². The van der Waals surface area contributed by atoms with Crippen LogP contribution in [0.1, 0.15) is 18.7 Å². The number of hydrogen-bond donors (Lipinski definition) is 1. The number of amides is 1. The van der Waals surface area contributed by atoms with E-state index in [2.05, 4.69) is 15.4 Å². The Bertz CT molecular complexity index is 477. The van der Waals surface area contributed by atoms with Crippen molar-refractivity contribution < 1.29 is 4.79 Å². The van der Waals surface area contributed by atoms with Gasteiger partial charge in [0.05, 0.1) is 5.69 Å². The van der Waals surface area contributed by atoms with Crippen molar-refractivity contribution in [2.75, 3.05) is 5.32 Å². The van der Waals surface area contributed by atoms with Gasteiger partial charge in [-0.2, -0.15) is 5.10 Å². The summed E-state index contributed by atoms with van der Waals surface area (Å²) in [6, 6.07) is 1.45. The Morgan fingerprint density at radius 2 is 2.44 bits per heavy atom. The number of anilines is 1. The van der Waals surface area contributed by atoms with Crippen molar-refractivity contribution in [3.8, 4) is 0 Å². The van der Waals surface area contributed by atoms with E-state index < -0.39 is 0 Å². The summed E-state index contributed by atoms with van der Waals surface area (Å²) in [4.78, 5) is 16.0. The number of thiazole rings is 1. The maximum absolute atomic E-state index is 11.8. The van der Waals surface area contributed by atoms with Gasteiger partial charge < -0.3 is 5.32 Å². The van der Waals surface area contributed by atoms with Crippen LogP contribution in [0.2, 0.25) is 0 Å². The van der Waals surface area contributed by atoms with E-state index in [4.69, 9.17) is 0 Å². The lowest BCUT2D eigenvalue weighted by Crippen LogP contribution is -2.23. The van der Waals surface area contributed by atoms with Crippen LogP contribution in [0.3, 0.4) is 0 Å². The van der Waals surface area contributed by atoms with Gasteiger partial charge in [0, 0.05) is 17.8 Å². The second-order valence-electron chi connectivity index (χ2n) is 3.45. The van der Waals surface area contributed by atoms with Gasteiger partial charge in [0.1, 0.15) is 6.04 Å². The zero-order valence-electron chi connectivity index (χ0n) is 9.04. The molecule has 16 heavy (non-hydrogen) atoms. The van der Waals surface area contributed by atoms with Gasteiger partial charge >= 0.3 is 0 Å². The van der Waals surface area contributed by atoms with Crippen molar-refractivity contribution in [2.24, 2.45) is 0 Å². The average molecular weight is 236 g/mol. The Labute approximate surface area is 97.1 Å². The van der Waals surface area contributed by atoms with Gasteiger partial charge in [-0.15, -0.1) is 11.3 Å². The molecule has 0 aliphatic carbocycles. The van der Waals surface area contributed by atoms with Crippen molar-refractivity contribution in [1.82, 2.24) is 14.8 Å². The normalized spacial score (nSPS) is 12.4. The second-order valence-corrected chi connectivity index (χ2v) is 4.30. The van der Waals surface area contributed by atoms with Crippen LogP contribution in [-0.2, 0) is 4.79 Å². The van der Waals surface area contributed by atoms with Gasteiger partial charge in [0.25, 0.3) is 5.91 Å². The Morgan fingerprint density at radius 3 is 3.00 bits per heavy atom. The first-order valence-corrected chi connectivity index (χ1v) is 5.77. The highest BCUT2D eigenvalue weighted by Gasteiger charge is 2.15. The third-order valence-corrected chi connectivity index (χ3v) is 3.03. The van der Waals surface area contributed by atoms with Gasteiger partial charge in [-0.25, -0.2) is 4.98 Å². The molecule has 0 aliphatic heterocycles. The number of nitrogens with one attached hydrogen (secondary N) is 1. The highest BCUT2D eigenvalue weighted by Crippen LogP contribution is 2.16. The standard InChI is InChI=1S/C10H12N4OS/c1-7-6-16-10(12-7)13-9(15)8(2)14-5-3-4-11-14/h3-6,8H,1-2H3,(H,12,13,15)/t8-/m0/s1. The van der Waals surface area contributed by atoms with Gasteiger partial charge in [0.2, 0.25) is 0 Å². The number of aryl methyl sites for hydroxylation is 1. The summed E-state index contributed by atoms with van der Waals surface area (Å²) in [7, 11) is 0. The van der Waals surface area contributed by atoms with E-state index in [0.717, 1.165) is 5.69 Å². The molecule has 1 N–H and O–H groups in total. The summed E-state index contributed by atoms with van der Waals surface area (Å²) in [6.07, 6.45) is 3.41. The largest absolute Gasteiger partial charge is 0.300 e. The van der Waals surface area contributed by atoms with Crippen molar-refractivity contribution in [3.63, 3.8) is 0 Å². The minimum absolute atomic E-state index is 0.113. The van der Waals surface area contributed by atoms with Crippen LogP contribution in [0, 0.1) is 6.92 Å². The first kappa shape index (κ1) is 10.8. The van der Waals surface area contributed by atoms with Crippen LogP contribution in [0.4, 0.5) is 5.13 Å². The summed E-state index contributed by atoms with van der Waals surface area (Å²) in [5.41, 5.74) is 0.909. The second kappa shape index (κ2) is 4.44. The fourth-order valence-corrected chi connectivity index (χ4v) is 1.94. The molecule has 6 heteroatoms. The fourth-order valence-electron chi connectivity index (χ4n) is 1.25. The van der Waals surface area contributed by atoms with Gasteiger partial charge in [-0.05, 0) is 19.9 Å². The van der Waals surface area contributed by atoms with Gasteiger partial charge in [0.15, 0.2) is 5.13 Å². The summed E-state index contributed by atoms with van der Waals surface area (Å²) in [5.74, 6) is -0.113. The van der Waals surface area contributed by atoms with Crippen LogP contribution in [0.5, 0.6) is 0 Å². The van der Waals surface area contributed by atoms with E-state index in [-0.39, 0.29) is 11.9 Å². The molecular formula is C10H12N4OS. The van der Waals surface area contributed by atoms with Crippen LogP contribution in [-0.4, -0.2) is 20.7 Å². The van der Waals surface area contributed by atoms with Gasteiger partial charge in [-0.1, -0.05) is 0 Å². The van der Waals surface area contributed by atoms with Crippen LogP contribution in [0.25, 0.3) is 0 Å². The molecule has 0 spiro atoms. The number of carbonyl (C=O) groups excluding carboxylic acids is 1. The molecule has 0 fully saturated rings. The first-order chi connectivity index (χ1) is 7.66. The molecule has 2 aromatic rings. The molecule has 0 saturated carbocycles. The Balaban J connectivity index is 2.03. The molecule has 2 rings (SSSR count). The monoisotopic (exact) mass is 236 g/mol. The third kappa shape index (κ3) is 2.27. The Kier molecular flexibility index (Phi) is 3.00. The van der Waals surface area contributed by atoms with E-state index in [1.165, 1.54) is 11.3 Å². The van der Waals surface area contributed by atoms with Crippen LogP contribution in [0.15, 0.2) is 23.8 Å². The third-order valence-electron chi connectivity index (χ3n) is 2.15. The summed E-state index contributed by atoms with van der Waals surface area (Å²) >= 11 is 1.42. The lowest BCUT2D eigenvalue weighted by Gasteiger charge is -2.10. The number of nitrogens with zero attached hydrogens (tertiary/aromatic N) is 3. The molecule has 84 valence electrons. The van der Waals surface area contributed by atoms with Crippen molar-refractivity contribution in [1.29, 1.82) is 0 Å². The molecule has 2 heterocycles. The molecular weight excluding hydrogens is 224 g/mol. The highest BCUT2D eigenvalue weighted by molar-refractivity contribution is 7.13. The molecule has 0 bridgehead atoms. The first-order valence-electron chi connectivity index (χ1n) is 4.89. The molecule has 0 aliphatic rings. The molecule has 0 radical (unpaired) electrons. The average Bonchev–Trinajstić information content (AvgIpc) is 2.88. The number of rotatable bonds is 3. The predicted octanol–water partition coefficient (Wildman–Crippen LogP) is 1.85. The molecule has 0 unspecified atom stereocenters. The topological polar surface area (TPSA) is 59.8 Å². The predicted molar refractivity (Wildman–Crippen MR) is 62.4 cm³/mol. The molecule has 1 atom stereocenters. The lowest BCUT2D eigenvalue weighted by molar-refractivity contribution is -0.119. The van der Waals surface area contributed by atoms with Crippen molar-refractivity contribution >= 4 is 22.4 Å². The number of aromatic nitrogens is 3. The maximum atomic E-state index is 11.8. The van der Waals surface area contributed by atoms with Gasteiger partial charge in [-0.3, -0.25) is 9.48 Å². The fraction of sp³-hybridized carbons (Fsp3) is 0.300. The zero-order valence-corrected chi connectivity index (χ0v) is 9.86. The minimum atomic E-state index is -0.334. The lowest BCUT2D eigenvalue weighted by atomic mass is 10.3. The minimum Gasteiger partial charge on any atom is -0.300 e. The van der Waals surface area contributed by atoms with Crippen molar-refractivity contribution in [3.05, 3.63) is 29.5 Å². The summed E-state index contributed by atoms with van der Waals surface area (Å²) < 4.78 is 1.61. The van der Waals surface area contributed by atoms with E-state index in [1.54, 1.807) is 30.1 Å².